The van der Waals surface area contributed by atoms with Crippen LogP contribution in [0.3, 0.4) is 0 Å². The van der Waals surface area contributed by atoms with Crippen LogP contribution in [0.1, 0.15) is 83.1 Å². The molecule has 0 aromatic rings. The Kier molecular flexibility index (Phi) is 22.9. The van der Waals surface area contributed by atoms with Gasteiger partial charge in [0.05, 0.1) is 0 Å². The van der Waals surface area contributed by atoms with Gasteiger partial charge in [-0.3, -0.25) is 0 Å². The molecule has 0 heterocycles. The van der Waals surface area contributed by atoms with Gasteiger partial charge in [-0.05, 0) is 61.1 Å². The predicted octanol–water partition coefficient (Wildman–Crippen LogP) is 9.74. The van der Waals surface area contributed by atoms with Crippen molar-refractivity contribution in [2.24, 2.45) is 0 Å². The number of rotatable bonds is 8. The first-order valence-corrected chi connectivity index (χ1v) is 19.5. The van der Waals surface area contributed by atoms with Gasteiger partial charge in [0.25, 0.3) is 0 Å². The quantitative estimate of drug-likeness (QED) is 0.145. The normalized spacial score (nSPS) is 13.8. The summed E-state index contributed by atoms with van der Waals surface area (Å²) < 4.78 is 0. The minimum absolute atomic E-state index is 0.0210. The van der Waals surface area contributed by atoms with Crippen LogP contribution < -0.4 is 0 Å². The van der Waals surface area contributed by atoms with Crippen molar-refractivity contribution in [3.8, 4) is 0 Å². The fraction of sp³-hybridized carbons (Fsp3) is 0.857. The summed E-state index contributed by atoms with van der Waals surface area (Å²) >= 11 is -0.106. The van der Waals surface area contributed by atoms with Crippen LogP contribution in [0.5, 0.6) is 0 Å². The summed E-state index contributed by atoms with van der Waals surface area (Å²) in [5, 5.41) is 1.76. The Hall–Kier alpha value is 1.50. The summed E-state index contributed by atoms with van der Waals surface area (Å²) in [6.45, 7) is 30.7. The van der Waals surface area contributed by atoms with E-state index >= 15 is 0 Å². The second kappa shape index (κ2) is 19.5. The van der Waals surface area contributed by atoms with Gasteiger partial charge in [0.15, 0.2) is 0 Å². The molecule has 7 heteroatoms. The Bertz CT molecular complexity index is 489. The van der Waals surface area contributed by atoms with Crippen molar-refractivity contribution in [1.29, 1.82) is 0 Å². The van der Waals surface area contributed by atoms with E-state index in [4.69, 9.17) is 19.1 Å². The number of allylic oxidation sites excluding steroid dienone is 2. The molecule has 0 N–H and O–H groups in total. The topological polar surface area (TPSA) is 6.48 Å². The van der Waals surface area contributed by atoms with Crippen molar-refractivity contribution < 1.29 is 15.9 Å². The molecule has 0 amide bonds. The monoisotopic (exact) mass is 662 g/mol. The molecule has 0 saturated heterocycles. The molecule has 0 radical (unpaired) electrons. The van der Waals surface area contributed by atoms with E-state index < -0.39 is 0 Å². The molecular weight excluding hydrogens is 604 g/mol. The number of hydrogen-bond donors (Lipinski definition) is 0. The fourth-order valence-corrected chi connectivity index (χ4v) is 11.0. The van der Waals surface area contributed by atoms with E-state index in [1.54, 1.807) is 0 Å². The van der Waals surface area contributed by atoms with E-state index in [1.165, 1.54) is 12.3 Å². The summed E-state index contributed by atoms with van der Waals surface area (Å²) in [5.74, 6) is 0. The predicted molar refractivity (Wildman–Crippen MR) is 170 cm³/mol. The molecule has 0 unspecified atom stereocenters. The van der Waals surface area contributed by atoms with Crippen molar-refractivity contribution in [3.63, 3.8) is 0 Å². The second-order valence-electron chi connectivity index (χ2n) is 13.4. The Morgan fingerprint density at radius 2 is 0.714 bits per heavy atom. The van der Waals surface area contributed by atoms with Crippen LogP contribution in [0.4, 0.5) is 0 Å². The minimum atomic E-state index is -0.106. The number of halogens is 2. The van der Waals surface area contributed by atoms with E-state index in [0.29, 0.717) is 20.6 Å². The van der Waals surface area contributed by atoms with Crippen LogP contribution in [0.15, 0.2) is 24.3 Å². The van der Waals surface area contributed by atoms with Crippen LogP contribution in [-0.2, 0) is 15.9 Å². The summed E-state index contributed by atoms with van der Waals surface area (Å²) in [7, 11) is 18.1. The molecule has 0 saturated carbocycles. The molecule has 2 nitrogen and oxygen atoms in total. The molecule has 0 aliphatic rings. The van der Waals surface area contributed by atoms with E-state index in [1.807, 2.05) is 0 Å². The van der Waals surface area contributed by atoms with E-state index in [9.17, 15) is 0 Å². The van der Waals surface area contributed by atoms with Crippen molar-refractivity contribution in [2.45, 2.75) is 104 Å². The Morgan fingerprint density at radius 3 is 0.857 bits per heavy atom. The molecule has 35 heavy (non-hydrogen) atoms. The van der Waals surface area contributed by atoms with Crippen molar-refractivity contribution in [2.75, 3.05) is 53.6 Å². The maximum absolute atomic E-state index is 4.81. The summed E-state index contributed by atoms with van der Waals surface area (Å²) in [5.41, 5.74) is 0. The molecule has 0 aliphatic carbocycles. The van der Waals surface area contributed by atoms with Gasteiger partial charge in [-0.1, -0.05) is 123 Å². The molecule has 0 fully saturated rings. The Morgan fingerprint density at radius 1 is 0.514 bits per heavy atom. The van der Waals surface area contributed by atoms with E-state index in [2.05, 4.69) is 145 Å². The third kappa shape index (κ3) is 25.5. The summed E-state index contributed by atoms with van der Waals surface area (Å²) in [6, 6.07) is 0. The fourth-order valence-electron chi connectivity index (χ4n) is 4.04. The van der Waals surface area contributed by atoms with Gasteiger partial charge in [0.1, 0.15) is 0 Å². The Balaban J connectivity index is -0.000000525. The molecule has 0 atom stereocenters. The summed E-state index contributed by atoms with van der Waals surface area (Å²) in [6.07, 6.45) is 11.8. The SMILES string of the molecule is CN(C)CC=CCP(C(C)(C)C)C(C)(C)C.CN(C)CC=CCP(C(C)(C)C)C(C)(C)C.[Cl][Pd][Cl]. The zero-order chi connectivity index (χ0) is 28.7. The molecular formula is C28H60Cl2N2P2Pd. The van der Waals surface area contributed by atoms with E-state index in [0.717, 1.165) is 13.1 Å². The first kappa shape index (κ1) is 41.0. The number of hydrogen-bond acceptors (Lipinski definition) is 2. The molecule has 0 bridgehead atoms. The van der Waals surface area contributed by atoms with Crippen molar-refractivity contribution in [1.82, 2.24) is 9.80 Å². The van der Waals surface area contributed by atoms with Gasteiger partial charge in [-0.25, -0.2) is 0 Å². The molecule has 0 aliphatic heterocycles. The van der Waals surface area contributed by atoms with Crippen LogP contribution >= 0.6 is 34.9 Å². The second-order valence-corrected chi connectivity index (χ2v) is 23.6. The van der Waals surface area contributed by atoms with Crippen LogP contribution in [0.2, 0.25) is 0 Å². The Labute approximate surface area is 241 Å². The van der Waals surface area contributed by atoms with Crippen LogP contribution in [0, 0.1) is 0 Å². The standard InChI is InChI=1S/2C14H30NP.2ClH.Pd/c2*1-13(2,3)16(14(4,5)6)12-10-9-11-15(7)8;;;/h2*9-10H,11-12H2,1-8H3;2*1H;/q;;;;+2/p-2. The van der Waals surface area contributed by atoms with Gasteiger partial charge >= 0.3 is 35.0 Å². The zero-order valence-electron chi connectivity index (χ0n) is 26.0. The average molecular weight is 664 g/mol. The van der Waals surface area contributed by atoms with E-state index in [-0.39, 0.29) is 31.8 Å². The number of nitrogens with zero attached hydrogens (tertiary/aromatic N) is 2. The van der Waals surface area contributed by atoms with Gasteiger partial charge in [-0.2, -0.15) is 0 Å². The van der Waals surface area contributed by atoms with Gasteiger partial charge in [0, 0.05) is 13.1 Å². The molecule has 0 spiro atoms. The van der Waals surface area contributed by atoms with Crippen LogP contribution in [0.25, 0.3) is 0 Å². The maximum atomic E-state index is 4.81. The molecule has 216 valence electrons. The van der Waals surface area contributed by atoms with Crippen molar-refractivity contribution in [3.05, 3.63) is 24.3 Å². The van der Waals surface area contributed by atoms with Crippen molar-refractivity contribution >= 4 is 34.9 Å². The molecule has 0 aromatic heterocycles. The van der Waals surface area contributed by atoms with Gasteiger partial charge in [-0.15, -0.1) is 0 Å². The summed E-state index contributed by atoms with van der Waals surface area (Å²) in [4.78, 5) is 4.40. The first-order valence-electron chi connectivity index (χ1n) is 12.5. The van der Waals surface area contributed by atoms with Crippen LogP contribution in [-0.4, -0.2) is 84.0 Å². The third-order valence-electron chi connectivity index (χ3n) is 5.09. The average Bonchev–Trinajstić information content (AvgIpc) is 2.57. The molecule has 0 aromatic carbocycles. The first-order chi connectivity index (χ1) is 15.5. The number of likely N-dealkylation sites (N-methyl/N-ethyl adjacent to an activating group) is 2. The third-order valence-corrected chi connectivity index (χ3v) is 12.7. The van der Waals surface area contributed by atoms with Gasteiger partial charge < -0.3 is 9.80 Å². The van der Waals surface area contributed by atoms with Gasteiger partial charge in [0.2, 0.25) is 0 Å². The zero-order valence-corrected chi connectivity index (χ0v) is 30.9. The molecule has 0 rings (SSSR count).